The molecule has 0 aliphatic carbocycles. The number of aromatic nitrogens is 1. The lowest BCUT2D eigenvalue weighted by Gasteiger charge is -2.36. The molecule has 0 radical (unpaired) electrons. The Labute approximate surface area is 180 Å². The third-order valence-electron chi connectivity index (χ3n) is 5.79. The van der Waals surface area contributed by atoms with Gasteiger partial charge >= 0.3 is 0 Å². The molecule has 4 rings (SSSR count). The molecule has 2 heterocycles. The number of carbonyl (C=O) groups excluding carboxylic acids is 1. The van der Waals surface area contributed by atoms with Crippen molar-refractivity contribution in [3.63, 3.8) is 0 Å². The van der Waals surface area contributed by atoms with Gasteiger partial charge in [0, 0.05) is 55.9 Å². The Morgan fingerprint density at radius 3 is 2.42 bits per heavy atom. The summed E-state index contributed by atoms with van der Waals surface area (Å²) in [7, 11) is 0. The minimum atomic E-state index is -0.255. The Kier molecular flexibility index (Phi) is 5.93. The fourth-order valence-corrected chi connectivity index (χ4v) is 4.05. The minimum absolute atomic E-state index is 0.0419. The smallest absolute Gasteiger partial charge is 0.260 e. The van der Waals surface area contributed by atoms with E-state index in [-0.39, 0.29) is 23.9 Å². The summed E-state index contributed by atoms with van der Waals surface area (Å²) < 4.78 is 20.6. The maximum atomic E-state index is 13.1. The van der Waals surface area contributed by atoms with Crippen LogP contribution in [0.5, 0.6) is 5.75 Å². The molecular weight excluding hydrogens is 397 g/mol. The van der Waals surface area contributed by atoms with E-state index in [1.165, 1.54) is 12.1 Å². The van der Waals surface area contributed by atoms with E-state index in [2.05, 4.69) is 4.90 Å². The quantitative estimate of drug-likeness (QED) is 0.633. The highest BCUT2D eigenvalue weighted by Gasteiger charge is 2.21. The maximum absolute atomic E-state index is 13.1. The number of aryl methyl sites for hydroxylation is 2. The van der Waals surface area contributed by atoms with Gasteiger partial charge in [-0.15, -0.1) is 0 Å². The number of nitrogens with zero attached hydrogens (tertiary/aromatic N) is 3. The summed E-state index contributed by atoms with van der Waals surface area (Å²) >= 11 is 0. The van der Waals surface area contributed by atoms with Gasteiger partial charge in [-0.2, -0.15) is 0 Å². The van der Waals surface area contributed by atoms with Crippen LogP contribution < -0.4 is 15.2 Å². The zero-order valence-electron chi connectivity index (χ0n) is 17.8. The van der Waals surface area contributed by atoms with Gasteiger partial charge in [0.25, 0.3) is 11.5 Å². The zero-order chi connectivity index (χ0) is 22.0. The molecule has 3 aromatic rings. The van der Waals surface area contributed by atoms with Gasteiger partial charge in [0.2, 0.25) is 0 Å². The fraction of sp³-hybridized carbons (Fsp3) is 0.333. The van der Waals surface area contributed by atoms with Crippen molar-refractivity contribution >= 4 is 22.5 Å². The average molecular weight is 423 g/mol. The molecule has 1 aliphatic heterocycles. The number of halogens is 1. The van der Waals surface area contributed by atoms with Crippen LogP contribution in [0.2, 0.25) is 0 Å². The third kappa shape index (κ3) is 4.40. The van der Waals surface area contributed by atoms with Gasteiger partial charge in [-0.3, -0.25) is 9.59 Å². The molecule has 1 amide bonds. The molecule has 1 saturated heterocycles. The van der Waals surface area contributed by atoms with Crippen LogP contribution >= 0.6 is 0 Å². The molecule has 0 atom stereocenters. The van der Waals surface area contributed by atoms with Crippen molar-refractivity contribution < 1.29 is 13.9 Å². The van der Waals surface area contributed by atoms with E-state index in [4.69, 9.17) is 4.74 Å². The third-order valence-corrected chi connectivity index (χ3v) is 5.79. The second-order valence-electron chi connectivity index (χ2n) is 7.72. The molecule has 162 valence electrons. The van der Waals surface area contributed by atoms with Gasteiger partial charge in [0.05, 0.1) is 5.52 Å². The predicted octanol–water partition coefficient (Wildman–Crippen LogP) is 3.20. The molecule has 0 saturated carbocycles. The van der Waals surface area contributed by atoms with Crippen molar-refractivity contribution in [1.29, 1.82) is 0 Å². The summed E-state index contributed by atoms with van der Waals surface area (Å²) in [5.41, 5.74) is 2.65. The van der Waals surface area contributed by atoms with E-state index in [1.54, 1.807) is 27.7 Å². The lowest BCUT2D eigenvalue weighted by molar-refractivity contribution is -0.133. The summed E-state index contributed by atoms with van der Waals surface area (Å²) in [6, 6.07) is 13.6. The van der Waals surface area contributed by atoms with Crippen molar-refractivity contribution in [2.45, 2.75) is 20.4 Å². The molecule has 1 aromatic heterocycles. The zero-order valence-corrected chi connectivity index (χ0v) is 17.8. The normalized spacial score (nSPS) is 14.2. The Morgan fingerprint density at radius 1 is 1.03 bits per heavy atom. The molecule has 0 N–H and O–H groups in total. The lowest BCUT2D eigenvalue weighted by atomic mass is 10.1. The second kappa shape index (κ2) is 8.79. The number of anilines is 1. The fourth-order valence-electron chi connectivity index (χ4n) is 4.05. The van der Waals surface area contributed by atoms with E-state index in [9.17, 15) is 14.0 Å². The van der Waals surface area contributed by atoms with Crippen molar-refractivity contribution in [2.75, 3.05) is 37.7 Å². The SMILES string of the molecule is CCn1c(=O)cc(C)c2ccc(OCC(=O)N3CCN(c4ccc(F)cc4)CC3)cc21. The molecule has 1 fully saturated rings. The first-order valence-corrected chi connectivity index (χ1v) is 10.5. The van der Waals surface area contributed by atoms with Gasteiger partial charge < -0.3 is 19.1 Å². The van der Waals surface area contributed by atoms with Gasteiger partial charge in [-0.05, 0) is 55.8 Å². The van der Waals surface area contributed by atoms with Crippen LogP contribution in [0.3, 0.4) is 0 Å². The monoisotopic (exact) mass is 423 g/mol. The number of amides is 1. The molecule has 7 heteroatoms. The lowest BCUT2D eigenvalue weighted by Crippen LogP contribution is -2.50. The number of piperazine rings is 1. The first-order valence-electron chi connectivity index (χ1n) is 10.5. The van der Waals surface area contributed by atoms with Gasteiger partial charge in [0.15, 0.2) is 6.61 Å². The van der Waals surface area contributed by atoms with E-state index in [0.717, 1.165) is 22.2 Å². The van der Waals surface area contributed by atoms with Gasteiger partial charge in [-0.1, -0.05) is 0 Å². The van der Waals surface area contributed by atoms with Crippen LogP contribution in [0.25, 0.3) is 10.9 Å². The van der Waals surface area contributed by atoms with Crippen molar-refractivity contribution in [2.24, 2.45) is 0 Å². The average Bonchev–Trinajstić information content (AvgIpc) is 2.78. The second-order valence-corrected chi connectivity index (χ2v) is 7.72. The number of hydrogen-bond acceptors (Lipinski definition) is 4. The largest absolute Gasteiger partial charge is 0.484 e. The first-order chi connectivity index (χ1) is 15.0. The highest BCUT2D eigenvalue weighted by Crippen LogP contribution is 2.23. The van der Waals surface area contributed by atoms with Crippen molar-refractivity contribution in [3.05, 3.63) is 70.3 Å². The number of fused-ring (bicyclic) bond motifs is 1. The summed E-state index contributed by atoms with van der Waals surface area (Å²) in [5, 5.41) is 0.997. The van der Waals surface area contributed by atoms with Crippen LogP contribution in [-0.4, -0.2) is 48.2 Å². The van der Waals surface area contributed by atoms with E-state index in [0.29, 0.717) is 38.5 Å². The number of pyridine rings is 1. The van der Waals surface area contributed by atoms with Crippen LogP contribution in [0, 0.1) is 12.7 Å². The van der Waals surface area contributed by atoms with Crippen LogP contribution in [0.4, 0.5) is 10.1 Å². The van der Waals surface area contributed by atoms with Crippen LogP contribution in [-0.2, 0) is 11.3 Å². The Morgan fingerprint density at radius 2 is 1.74 bits per heavy atom. The Bertz CT molecular complexity index is 1150. The standard InChI is InChI=1S/C24H26FN3O3/c1-3-28-22-15-20(8-9-21(22)17(2)14-23(28)29)31-16-24(30)27-12-10-26(11-13-27)19-6-4-18(25)5-7-19/h4-9,14-15H,3,10-13,16H2,1-2H3. The summed E-state index contributed by atoms with van der Waals surface area (Å²) in [6.07, 6.45) is 0. The Hall–Kier alpha value is -3.35. The molecule has 0 spiro atoms. The molecular formula is C24H26FN3O3. The molecule has 0 bridgehead atoms. The molecule has 0 unspecified atom stereocenters. The molecule has 31 heavy (non-hydrogen) atoms. The van der Waals surface area contributed by atoms with Crippen LogP contribution in [0.15, 0.2) is 53.3 Å². The van der Waals surface area contributed by atoms with E-state index >= 15 is 0 Å². The minimum Gasteiger partial charge on any atom is -0.484 e. The number of ether oxygens (including phenoxy) is 1. The highest BCUT2D eigenvalue weighted by molar-refractivity contribution is 5.84. The van der Waals surface area contributed by atoms with E-state index < -0.39 is 0 Å². The summed E-state index contributed by atoms with van der Waals surface area (Å²) in [5.74, 6) is 0.239. The van der Waals surface area contributed by atoms with Gasteiger partial charge in [-0.25, -0.2) is 4.39 Å². The van der Waals surface area contributed by atoms with Crippen molar-refractivity contribution in [1.82, 2.24) is 9.47 Å². The maximum Gasteiger partial charge on any atom is 0.260 e. The first kappa shape index (κ1) is 20.9. The number of rotatable bonds is 5. The van der Waals surface area contributed by atoms with Gasteiger partial charge in [0.1, 0.15) is 11.6 Å². The van der Waals surface area contributed by atoms with Crippen molar-refractivity contribution in [3.8, 4) is 5.75 Å². The highest BCUT2D eigenvalue weighted by atomic mass is 19.1. The number of benzene rings is 2. The molecule has 2 aromatic carbocycles. The molecule has 6 nitrogen and oxygen atoms in total. The van der Waals surface area contributed by atoms with Crippen LogP contribution in [0.1, 0.15) is 12.5 Å². The predicted molar refractivity (Wildman–Crippen MR) is 119 cm³/mol. The topological polar surface area (TPSA) is 54.8 Å². The number of carbonyl (C=O) groups is 1. The summed E-state index contributed by atoms with van der Waals surface area (Å²) in [4.78, 5) is 28.8. The molecule has 1 aliphatic rings. The summed E-state index contributed by atoms with van der Waals surface area (Å²) in [6.45, 7) is 6.92. The number of hydrogen-bond donors (Lipinski definition) is 0. The van der Waals surface area contributed by atoms with E-state index in [1.807, 2.05) is 32.0 Å². The Balaban J connectivity index is 1.38.